The fraction of sp³-hybridized carbons (Fsp3) is 0.250. The highest BCUT2D eigenvalue weighted by Gasteiger charge is 2.29. The summed E-state index contributed by atoms with van der Waals surface area (Å²) in [4.78, 5) is 24.7. The molecule has 1 aliphatic rings. The summed E-state index contributed by atoms with van der Waals surface area (Å²) in [5, 5.41) is 14.6. The lowest BCUT2D eigenvalue weighted by atomic mass is 9.82. The van der Waals surface area contributed by atoms with Gasteiger partial charge in [-0.3, -0.25) is 4.79 Å². The van der Waals surface area contributed by atoms with E-state index in [-0.39, 0.29) is 18.2 Å². The molecule has 3 aromatic rings. The second-order valence-electron chi connectivity index (χ2n) is 7.43. The average Bonchev–Trinajstić information content (AvgIpc) is 2.72. The molecule has 0 radical (unpaired) electrons. The molecule has 0 saturated heterocycles. The van der Waals surface area contributed by atoms with Gasteiger partial charge in [0, 0.05) is 6.42 Å². The number of fused-ring (bicyclic) bond motifs is 2. The average molecular weight is 373 g/mol. The van der Waals surface area contributed by atoms with E-state index in [1.54, 1.807) is 0 Å². The molecule has 1 amide bonds. The Bertz CT molecular complexity index is 1030. The zero-order chi connectivity index (χ0) is 19.5. The van der Waals surface area contributed by atoms with Crippen LogP contribution in [0.15, 0.2) is 66.7 Å². The minimum absolute atomic E-state index is 0.194. The van der Waals surface area contributed by atoms with Crippen molar-refractivity contribution in [1.29, 1.82) is 0 Å². The molecule has 4 nitrogen and oxygen atoms in total. The molecule has 0 aliphatic heterocycles. The van der Waals surface area contributed by atoms with Crippen LogP contribution in [0.1, 0.15) is 35.4 Å². The number of benzene rings is 3. The van der Waals surface area contributed by atoms with Crippen LogP contribution in [-0.2, 0) is 22.4 Å². The number of aryl methyl sites for hydroxylation is 1. The highest BCUT2D eigenvalue weighted by Crippen LogP contribution is 2.31. The van der Waals surface area contributed by atoms with Gasteiger partial charge < -0.3 is 10.4 Å². The first kappa shape index (κ1) is 18.2. The Morgan fingerprint density at radius 3 is 2.57 bits per heavy atom. The number of carbonyl (C=O) groups is 2. The van der Waals surface area contributed by atoms with Crippen molar-refractivity contribution in [2.24, 2.45) is 0 Å². The molecule has 1 unspecified atom stereocenters. The minimum Gasteiger partial charge on any atom is -0.480 e. The van der Waals surface area contributed by atoms with Crippen LogP contribution in [-0.4, -0.2) is 23.0 Å². The molecular formula is C24H23NO3. The monoisotopic (exact) mass is 373 g/mol. The van der Waals surface area contributed by atoms with E-state index in [2.05, 4.69) is 11.4 Å². The van der Waals surface area contributed by atoms with E-state index in [0.717, 1.165) is 41.2 Å². The van der Waals surface area contributed by atoms with Crippen LogP contribution in [0.2, 0.25) is 0 Å². The molecule has 2 atom stereocenters. The van der Waals surface area contributed by atoms with E-state index >= 15 is 0 Å². The normalized spacial score (nSPS) is 16.9. The van der Waals surface area contributed by atoms with E-state index in [9.17, 15) is 14.7 Å². The molecule has 142 valence electrons. The topological polar surface area (TPSA) is 66.4 Å². The Hall–Kier alpha value is -3.14. The molecule has 0 saturated carbocycles. The predicted molar refractivity (Wildman–Crippen MR) is 109 cm³/mol. The fourth-order valence-corrected chi connectivity index (χ4v) is 4.10. The van der Waals surface area contributed by atoms with Crippen LogP contribution in [0.3, 0.4) is 0 Å². The van der Waals surface area contributed by atoms with Gasteiger partial charge in [-0.05, 0) is 46.7 Å². The van der Waals surface area contributed by atoms with Gasteiger partial charge in [0.05, 0.1) is 5.92 Å². The van der Waals surface area contributed by atoms with Crippen LogP contribution in [0.5, 0.6) is 0 Å². The summed E-state index contributed by atoms with van der Waals surface area (Å²) in [6, 6.07) is 20.9. The zero-order valence-electron chi connectivity index (χ0n) is 15.6. The first-order chi connectivity index (χ1) is 13.6. The highest BCUT2D eigenvalue weighted by atomic mass is 16.4. The lowest BCUT2D eigenvalue weighted by molar-refractivity contribution is -0.142. The lowest BCUT2D eigenvalue weighted by Crippen LogP contribution is -2.44. The van der Waals surface area contributed by atoms with Crippen molar-refractivity contribution in [3.05, 3.63) is 83.4 Å². The van der Waals surface area contributed by atoms with E-state index < -0.39 is 12.0 Å². The number of carboxylic acid groups (broad SMARTS) is 1. The maximum atomic E-state index is 12.9. The Kier molecular flexibility index (Phi) is 5.11. The third kappa shape index (κ3) is 3.77. The van der Waals surface area contributed by atoms with Gasteiger partial charge in [0.25, 0.3) is 0 Å². The summed E-state index contributed by atoms with van der Waals surface area (Å²) in [5.74, 6) is -1.48. The summed E-state index contributed by atoms with van der Waals surface area (Å²) in [7, 11) is 0. The van der Waals surface area contributed by atoms with Crippen LogP contribution < -0.4 is 5.32 Å². The van der Waals surface area contributed by atoms with Crippen molar-refractivity contribution in [2.45, 2.75) is 37.6 Å². The molecule has 0 bridgehead atoms. The largest absolute Gasteiger partial charge is 0.480 e. The van der Waals surface area contributed by atoms with Crippen LogP contribution >= 0.6 is 0 Å². The Morgan fingerprint density at radius 1 is 1.00 bits per heavy atom. The maximum absolute atomic E-state index is 12.9. The number of rotatable bonds is 5. The van der Waals surface area contributed by atoms with Gasteiger partial charge in [0.2, 0.25) is 5.91 Å². The summed E-state index contributed by atoms with van der Waals surface area (Å²) in [6.07, 6.45) is 2.93. The van der Waals surface area contributed by atoms with Gasteiger partial charge in [-0.1, -0.05) is 66.7 Å². The van der Waals surface area contributed by atoms with Crippen molar-refractivity contribution in [3.8, 4) is 0 Å². The van der Waals surface area contributed by atoms with E-state index in [1.807, 2.05) is 60.7 Å². The second kappa shape index (κ2) is 7.85. The number of carbonyl (C=O) groups excluding carboxylic acids is 1. The Labute approximate surface area is 164 Å². The van der Waals surface area contributed by atoms with E-state index in [0.29, 0.717) is 0 Å². The molecule has 0 heterocycles. The van der Waals surface area contributed by atoms with Gasteiger partial charge in [0.15, 0.2) is 0 Å². The standard InChI is InChI=1S/C24H23NO3/c26-23(21-11-5-9-18-7-3-4-10-20(18)21)25-22(24(27)28)15-16-12-13-17-6-1-2-8-19(17)14-16/h1-4,6-8,10,12-14,21-22H,5,9,11,15H2,(H,25,26)(H,27,28)/t21?,22-/m0/s1. The predicted octanol–water partition coefficient (Wildman–Crippen LogP) is 4.07. The third-order valence-electron chi connectivity index (χ3n) is 5.55. The summed E-state index contributed by atoms with van der Waals surface area (Å²) >= 11 is 0. The number of hydrogen-bond donors (Lipinski definition) is 2. The molecule has 2 N–H and O–H groups in total. The summed E-state index contributed by atoms with van der Waals surface area (Å²) < 4.78 is 0. The summed E-state index contributed by atoms with van der Waals surface area (Å²) in [6.45, 7) is 0. The van der Waals surface area contributed by atoms with Crippen molar-refractivity contribution in [3.63, 3.8) is 0 Å². The quantitative estimate of drug-likeness (QED) is 0.708. The molecular weight excluding hydrogens is 350 g/mol. The van der Waals surface area contributed by atoms with Crippen molar-refractivity contribution < 1.29 is 14.7 Å². The third-order valence-corrected chi connectivity index (χ3v) is 5.55. The van der Waals surface area contributed by atoms with Crippen molar-refractivity contribution in [2.75, 3.05) is 0 Å². The first-order valence-corrected chi connectivity index (χ1v) is 9.70. The number of carboxylic acids is 1. The van der Waals surface area contributed by atoms with Gasteiger partial charge in [-0.2, -0.15) is 0 Å². The van der Waals surface area contributed by atoms with Crippen molar-refractivity contribution >= 4 is 22.6 Å². The molecule has 0 aromatic heterocycles. The number of aliphatic carboxylic acids is 1. The molecule has 0 spiro atoms. The zero-order valence-corrected chi connectivity index (χ0v) is 15.6. The lowest BCUT2D eigenvalue weighted by Gasteiger charge is -2.26. The SMILES string of the molecule is O=C(N[C@@H](Cc1ccc2ccccc2c1)C(=O)O)C1CCCc2ccccc21. The van der Waals surface area contributed by atoms with Crippen LogP contribution in [0, 0.1) is 0 Å². The Balaban J connectivity index is 1.52. The first-order valence-electron chi connectivity index (χ1n) is 9.70. The minimum atomic E-state index is -1.01. The van der Waals surface area contributed by atoms with Gasteiger partial charge in [-0.15, -0.1) is 0 Å². The molecule has 3 aromatic carbocycles. The number of amides is 1. The van der Waals surface area contributed by atoms with Gasteiger partial charge in [-0.25, -0.2) is 4.79 Å². The smallest absolute Gasteiger partial charge is 0.326 e. The van der Waals surface area contributed by atoms with Gasteiger partial charge in [0.1, 0.15) is 6.04 Å². The van der Waals surface area contributed by atoms with Crippen molar-refractivity contribution in [1.82, 2.24) is 5.32 Å². The second-order valence-corrected chi connectivity index (χ2v) is 7.43. The van der Waals surface area contributed by atoms with Gasteiger partial charge >= 0.3 is 5.97 Å². The summed E-state index contributed by atoms with van der Waals surface area (Å²) in [5.41, 5.74) is 3.12. The molecule has 0 fully saturated rings. The number of hydrogen-bond acceptors (Lipinski definition) is 2. The molecule has 28 heavy (non-hydrogen) atoms. The highest BCUT2D eigenvalue weighted by molar-refractivity contribution is 5.89. The molecule has 4 heteroatoms. The van der Waals surface area contributed by atoms with Crippen LogP contribution in [0.25, 0.3) is 10.8 Å². The molecule has 4 rings (SSSR count). The maximum Gasteiger partial charge on any atom is 0.326 e. The van der Waals surface area contributed by atoms with E-state index in [1.165, 1.54) is 5.56 Å². The Morgan fingerprint density at radius 2 is 1.75 bits per heavy atom. The van der Waals surface area contributed by atoms with Crippen LogP contribution in [0.4, 0.5) is 0 Å². The van der Waals surface area contributed by atoms with E-state index in [4.69, 9.17) is 0 Å². The number of nitrogens with one attached hydrogen (secondary N) is 1. The fourth-order valence-electron chi connectivity index (χ4n) is 4.10. The molecule has 1 aliphatic carbocycles.